The van der Waals surface area contributed by atoms with Crippen LogP contribution in [0.2, 0.25) is 0 Å². The van der Waals surface area contributed by atoms with Gasteiger partial charge in [-0.2, -0.15) is 0 Å². The number of ether oxygens (including phenoxy) is 1. The molecule has 0 amide bonds. The number of nitrogens with one attached hydrogen (secondary N) is 1. The Bertz CT molecular complexity index is 528. The van der Waals surface area contributed by atoms with Crippen LogP contribution in [0.4, 0.5) is 5.69 Å². The Morgan fingerprint density at radius 2 is 1.95 bits per heavy atom. The first-order chi connectivity index (χ1) is 9.35. The van der Waals surface area contributed by atoms with Gasteiger partial charge in [-0.25, -0.2) is 0 Å². The predicted molar refractivity (Wildman–Crippen MR) is 81.3 cm³/mol. The molecule has 1 N–H and O–H groups in total. The highest BCUT2D eigenvalue weighted by Gasteiger charge is 2.22. The molecular weight excluding hydrogens is 254 g/mol. The Morgan fingerprint density at radius 1 is 1.16 bits per heavy atom. The van der Waals surface area contributed by atoms with Crippen molar-refractivity contribution >= 4 is 17.4 Å². The molecule has 0 aromatic heterocycles. The van der Waals surface area contributed by atoms with Crippen molar-refractivity contribution < 1.29 is 4.74 Å². The van der Waals surface area contributed by atoms with Gasteiger partial charge in [0, 0.05) is 22.9 Å². The second-order valence-electron chi connectivity index (χ2n) is 4.64. The number of hydrogen-bond donors (Lipinski definition) is 1. The lowest BCUT2D eigenvalue weighted by Gasteiger charge is -2.11. The lowest BCUT2D eigenvalue weighted by Crippen LogP contribution is -2.13. The Morgan fingerprint density at radius 3 is 2.68 bits per heavy atom. The summed E-state index contributed by atoms with van der Waals surface area (Å²) >= 11 is 1.93. The van der Waals surface area contributed by atoms with Crippen LogP contribution in [-0.4, -0.2) is 18.9 Å². The summed E-state index contributed by atoms with van der Waals surface area (Å²) in [6.07, 6.45) is 1.11. The van der Waals surface area contributed by atoms with Crippen LogP contribution in [0.15, 0.2) is 53.4 Å². The summed E-state index contributed by atoms with van der Waals surface area (Å²) in [5.41, 5.74) is 2.56. The lowest BCUT2D eigenvalue weighted by molar-refractivity contribution is 0.317. The minimum atomic E-state index is 0.529. The Balaban J connectivity index is 1.56. The number of rotatable bonds is 4. The minimum absolute atomic E-state index is 0.529. The first-order valence-electron chi connectivity index (χ1n) is 6.50. The number of fused-ring (bicyclic) bond motifs is 1. The zero-order valence-electron chi connectivity index (χ0n) is 10.9. The molecule has 19 heavy (non-hydrogen) atoms. The highest BCUT2D eigenvalue weighted by atomic mass is 32.2. The molecule has 2 nitrogen and oxygen atoms in total. The van der Waals surface area contributed by atoms with E-state index in [-0.39, 0.29) is 0 Å². The van der Waals surface area contributed by atoms with Gasteiger partial charge in [-0.1, -0.05) is 18.2 Å². The van der Waals surface area contributed by atoms with Gasteiger partial charge in [-0.05, 0) is 42.3 Å². The van der Waals surface area contributed by atoms with E-state index in [0.29, 0.717) is 5.25 Å². The second-order valence-corrected chi connectivity index (χ2v) is 5.98. The molecule has 0 bridgehead atoms. The van der Waals surface area contributed by atoms with Crippen molar-refractivity contribution in [1.29, 1.82) is 0 Å². The van der Waals surface area contributed by atoms with E-state index in [1.165, 1.54) is 10.5 Å². The van der Waals surface area contributed by atoms with Gasteiger partial charge < -0.3 is 10.1 Å². The first kappa shape index (κ1) is 12.4. The summed E-state index contributed by atoms with van der Waals surface area (Å²) in [6, 6.07) is 16.7. The van der Waals surface area contributed by atoms with Crippen LogP contribution in [0.25, 0.3) is 0 Å². The molecule has 0 saturated carbocycles. The molecule has 1 atom stereocenters. The van der Waals surface area contributed by atoms with Gasteiger partial charge in [0.1, 0.15) is 12.4 Å². The normalized spacial score (nSPS) is 17.0. The predicted octanol–water partition coefficient (Wildman–Crippen LogP) is 3.82. The van der Waals surface area contributed by atoms with E-state index in [4.69, 9.17) is 4.74 Å². The molecule has 0 fully saturated rings. The number of hydrogen-bond acceptors (Lipinski definition) is 3. The Labute approximate surface area is 118 Å². The van der Waals surface area contributed by atoms with Crippen molar-refractivity contribution in [1.82, 2.24) is 0 Å². The molecule has 2 aromatic rings. The van der Waals surface area contributed by atoms with Gasteiger partial charge in [0.05, 0.1) is 0 Å². The molecule has 2 aromatic carbocycles. The topological polar surface area (TPSA) is 21.3 Å². The van der Waals surface area contributed by atoms with E-state index in [2.05, 4.69) is 29.6 Å². The summed E-state index contributed by atoms with van der Waals surface area (Å²) in [5, 5.41) is 3.63. The fourth-order valence-electron chi connectivity index (χ4n) is 2.25. The maximum atomic E-state index is 5.87. The SMILES string of the molecule is CNc1ccc(OCC2Cc3ccccc3S2)cc1. The molecule has 1 aliphatic heterocycles. The zero-order chi connectivity index (χ0) is 13.1. The van der Waals surface area contributed by atoms with Crippen molar-refractivity contribution in [2.45, 2.75) is 16.6 Å². The Hall–Kier alpha value is -1.61. The maximum Gasteiger partial charge on any atom is 0.119 e. The van der Waals surface area contributed by atoms with Gasteiger partial charge in [-0.15, -0.1) is 11.8 Å². The molecule has 0 spiro atoms. The van der Waals surface area contributed by atoms with Crippen molar-refractivity contribution in [3.8, 4) is 5.75 Å². The third-order valence-corrected chi connectivity index (χ3v) is 4.58. The minimum Gasteiger partial charge on any atom is -0.492 e. The van der Waals surface area contributed by atoms with Crippen LogP contribution in [0.3, 0.4) is 0 Å². The third kappa shape index (κ3) is 2.87. The van der Waals surface area contributed by atoms with Crippen LogP contribution >= 0.6 is 11.8 Å². The van der Waals surface area contributed by atoms with Crippen molar-refractivity contribution in [2.24, 2.45) is 0 Å². The highest BCUT2D eigenvalue weighted by Crippen LogP contribution is 2.36. The molecule has 0 aliphatic carbocycles. The van der Waals surface area contributed by atoms with Crippen LogP contribution in [-0.2, 0) is 6.42 Å². The fraction of sp³-hybridized carbons (Fsp3) is 0.250. The van der Waals surface area contributed by atoms with E-state index >= 15 is 0 Å². The molecule has 1 heterocycles. The number of thioether (sulfide) groups is 1. The number of benzene rings is 2. The van der Waals surface area contributed by atoms with Crippen LogP contribution in [0, 0.1) is 0 Å². The summed E-state index contributed by atoms with van der Waals surface area (Å²) in [7, 11) is 1.92. The summed E-state index contributed by atoms with van der Waals surface area (Å²) < 4.78 is 5.87. The molecule has 0 saturated heterocycles. The molecule has 1 unspecified atom stereocenters. The van der Waals surface area contributed by atoms with Crippen molar-refractivity contribution in [3.05, 3.63) is 54.1 Å². The average Bonchev–Trinajstić information content (AvgIpc) is 2.88. The number of anilines is 1. The van der Waals surface area contributed by atoms with E-state index in [0.717, 1.165) is 24.5 Å². The third-order valence-electron chi connectivity index (χ3n) is 3.29. The van der Waals surface area contributed by atoms with Gasteiger partial charge in [0.15, 0.2) is 0 Å². The van der Waals surface area contributed by atoms with E-state index in [1.54, 1.807) is 0 Å². The smallest absolute Gasteiger partial charge is 0.119 e. The average molecular weight is 271 g/mol. The van der Waals surface area contributed by atoms with E-state index in [1.807, 2.05) is 43.1 Å². The van der Waals surface area contributed by atoms with Crippen molar-refractivity contribution in [2.75, 3.05) is 19.0 Å². The standard InChI is InChI=1S/C16H17NOS/c1-17-13-6-8-14(9-7-13)18-11-15-10-12-4-2-3-5-16(12)19-15/h2-9,15,17H,10-11H2,1H3. The summed E-state index contributed by atoms with van der Waals surface area (Å²) in [4.78, 5) is 1.40. The first-order valence-corrected chi connectivity index (χ1v) is 7.38. The molecule has 0 radical (unpaired) electrons. The summed E-state index contributed by atoms with van der Waals surface area (Å²) in [5.74, 6) is 0.940. The Kier molecular flexibility index (Phi) is 3.65. The fourth-order valence-corrected chi connectivity index (χ4v) is 3.47. The van der Waals surface area contributed by atoms with Gasteiger partial charge in [-0.3, -0.25) is 0 Å². The van der Waals surface area contributed by atoms with E-state index in [9.17, 15) is 0 Å². The largest absolute Gasteiger partial charge is 0.492 e. The van der Waals surface area contributed by atoms with Gasteiger partial charge in [0.2, 0.25) is 0 Å². The maximum absolute atomic E-state index is 5.87. The molecular formula is C16H17NOS. The lowest BCUT2D eigenvalue weighted by atomic mass is 10.1. The van der Waals surface area contributed by atoms with E-state index < -0.39 is 0 Å². The van der Waals surface area contributed by atoms with Gasteiger partial charge in [0.25, 0.3) is 0 Å². The quantitative estimate of drug-likeness (QED) is 0.913. The molecule has 1 aliphatic rings. The second kappa shape index (κ2) is 5.57. The molecule has 98 valence electrons. The monoisotopic (exact) mass is 271 g/mol. The van der Waals surface area contributed by atoms with Crippen LogP contribution in [0.5, 0.6) is 5.75 Å². The van der Waals surface area contributed by atoms with Crippen LogP contribution < -0.4 is 10.1 Å². The van der Waals surface area contributed by atoms with Crippen LogP contribution in [0.1, 0.15) is 5.56 Å². The summed E-state index contributed by atoms with van der Waals surface area (Å²) in [6.45, 7) is 0.762. The molecule has 3 heteroatoms. The van der Waals surface area contributed by atoms with Gasteiger partial charge >= 0.3 is 0 Å². The zero-order valence-corrected chi connectivity index (χ0v) is 11.7. The highest BCUT2D eigenvalue weighted by molar-refractivity contribution is 8.00. The van der Waals surface area contributed by atoms with Crippen molar-refractivity contribution in [3.63, 3.8) is 0 Å². The molecule has 3 rings (SSSR count).